The van der Waals surface area contributed by atoms with Crippen LogP contribution in [0.4, 0.5) is 0 Å². The average Bonchev–Trinajstić information content (AvgIpc) is 3.02. The first kappa shape index (κ1) is 14.7. The van der Waals surface area contributed by atoms with E-state index in [1.165, 1.54) is 11.1 Å². The molecule has 0 unspecified atom stereocenters. The summed E-state index contributed by atoms with van der Waals surface area (Å²) in [5.41, 5.74) is 5.07. The summed E-state index contributed by atoms with van der Waals surface area (Å²) in [6, 6.07) is 18.2. The van der Waals surface area contributed by atoms with E-state index < -0.39 is 0 Å². The lowest BCUT2D eigenvalue weighted by Gasteiger charge is -2.07. The third kappa shape index (κ3) is 2.23. The number of carbonyl (C=O) groups excluding carboxylic acids is 1. The molecule has 0 aliphatic carbocycles. The highest BCUT2D eigenvalue weighted by molar-refractivity contribution is 6.21. The molecule has 0 radical (unpaired) electrons. The fourth-order valence-corrected chi connectivity index (χ4v) is 3.46. The smallest absolute Gasteiger partial charge is 0.195 e. The van der Waals surface area contributed by atoms with Crippen LogP contribution in [0, 0.1) is 6.92 Å². The SMILES string of the molecule is CCc1cc2c(C(=O)c3cccc4ccccc34)c[nH]c2cc1C. The maximum Gasteiger partial charge on any atom is 0.195 e. The first-order valence-corrected chi connectivity index (χ1v) is 8.32. The normalized spacial score (nSPS) is 11.2. The zero-order valence-electron chi connectivity index (χ0n) is 13.9. The van der Waals surface area contributed by atoms with Gasteiger partial charge in [-0.3, -0.25) is 4.79 Å². The van der Waals surface area contributed by atoms with Gasteiger partial charge in [0.05, 0.1) is 0 Å². The van der Waals surface area contributed by atoms with E-state index in [1.807, 2.05) is 48.7 Å². The van der Waals surface area contributed by atoms with Gasteiger partial charge in [-0.15, -0.1) is 0 Å². The van der Waals surface area contributed by atoms with Gasteiger partial charge in [-0.1, -0.05) is 49.4 Å². The number of fused-ring (bicyclic) bond motifs is 2. The van der Waals surface area contributed by atoms with E-state index in [9.17, 15) is 4.79 Å². The number of hydrogen-bond donors (Lipinski definition) is 1. The van der Waals surface area contributed by atoms with E-state index in [0.717, 1.165) is 39.2 Å². The predicted octanol–water partition coefficient (Wildman–Crippen LogP) is 5.42. The van der Waals surface area contributed by atoms with Crippen molar-refractivity contribution in [2.45, 2.75) is 20.3 Å². The van der Waals surface area contributed by atoms with Crippen LogP contribution < -0.4 is 0 Å². The molecule has 0 aliphatic heterocycles. The monoisotopic (exact) mass is 313 g/mol. The Morgan fingerprint density at radius 1 is 0.958 bits per heavy atom. The first-order chi connectivity index (χ1) is 11.7. The molecule has 0 fully saturated rings. The summed E-state index contributed by atoms with van der Waals surface area (Å²) in [6.45, 7) is 4.26. The van der Waals surface area contributed by atoms with Gasteiger partial charge in [0.25, 0.3) is 0 Å². The van der Waals surface area contributed by atoms with E-state index >= 15 is 0 Å². The predicted molar refractivity (Wildman–Crippen MR) is 99.8 cm³/mol. The number of carbonyl (C=O) groups is 1. The lowest BCUT2D eigenvalue weighted by atomic mass is 9.95. The van der Waals surface area contributed by atoms with Crippen molar-refractivity contribution < 1.29 is 4.79 Å². The first-order valence-electron chi connectivity index (χ1n) is 8.32. The van der Waals surface area contributed by atoms with Crippen molar-refractivity contribution in [1.29, 1.82) is 0 Å². The topological polar surface area (TPSA) is 32.9 Å². The third-order valence-electron chi connectivity index (χ3n) is 4.80. The molecule has 0 saturated heterocycles. The molecule has 0 spiro atoms. The number of nitrogens with one attached hydrogen (secondary N) is 1. The van der Waals surface area contributed by atoms with E-state index in [1.54, 1.807) is 0 Å². The molecular weight excluding hydrogens is 294 g/mol. The summed E-state index contributed by atoms with van der Waals surface area (Å²) in [5, 5.41) is 3.10. The summed E-state index contributed by atoms with van der Waals surface area (Å²) >= 11 is 0. The van der Waals surface area contributed by atoms with Gasteiger partial charge in [-0.05, 0) is 47.4 Å². The zero-order chi connectivity index (χ0) is 16.7. The van der Waals surface area contributed by atoms with Gasteiger partial charge in [0, 0.05) is 28.2 Å². The number of rotatable bonds is 3. The minimum atomic E-state index is 0.0731. The Kier molecular flexibility index (Phi) is 3.46. The van der Waals surface area contributed by atoms with Crippen molar-refractivity contribution in [2.24, 2.45) is 0 Å². The molecule has 1 aromatic heterocycles. The van der Waals surface area contributed by atoms with Crippen molar-refractivity contribution in [3.8, 4) is 0 Å². The van der Waals surface area contributed by atoms with Gasteiger partial charge in [0.2, 0.25) is 0 Å². The van der Waals surface area contributed by atoms with Crippen molar-refractivity contribution in [2.75, 3.05) is 0 Å². The number of aryl methyl sites for hydroxylation is 2. The van der Waals surface area contributed by atoms with Gasteiger partial charge < -0.3 is 4.98 Å². The molecule has 2 heteroatoms. The van der Waals surface area contributed by atoms with Crippen LogP contribution in [0.2, 0.25) is 0 Å². The lowest BCUT2D eigenvalue weighted by Crippen LogP contribution is -2.01. The maximum atomic E-state index is 13.2. The number of aromatic nitrogens is 1. The molecule has 1 heterocycles. The molecule has 4 aromatic rings. The summed E-state index contributed by atoms with van der Waals surface area (Å²) in [7, 11) is 0. The van der Waals surface area contributed by atoms with Crippen LogP contribution in [0.25, 0.3) is 21.7 Å². The second-order valence-electron chi connectivity index (χ2n) is 6.24. The van der Waals surface area contributed by atoms with Crippen LogP contribution in [0.5, 0.6) is 0 Å². The fraction of sp³-hybridized carbons (Fsp3) is 0.136. The van der Waals surface area contributed by atoms with Crippen molar-refractivity contribution in [1.82, 2.24) is 4.98 Å². The maximum absolute atomic E-state index is 13.2. The molecule has 0 saturated carbocycles. The van der Waals surface area contributed by atoms with Crippen molar-refractivity contribution in [3.63, 3.8) is 0 Å². The molecular formula is C22H19NO. The summed E-state index contributed by atoms with van der Waals surface area (Å²) in [5.74, 6) is 0.0731. The van der Waals surface area contributed by atoms with E-state index in [4.69, 9.17) is 0 Å². The summed E-state index contributed by atoms with van der Waals surface area (Å²) in [4.78, 5) is 16.5. The molecule has 4 rings (SSSR count). The molecule has 2 nitrogen and oxygen atoms in total. The van der Waals surface area contributed by atoms with Gasteiger partial charge >= 0.3 is 0 Å². The van der Waals surface area contributed by atoms with Crippen LogP contribution in [0.3, 0.4) is 0 Å². The van der Waals surface area contributed by atoms with Gasteiger partial charge in [0.15, 0.2) is 5.78 Å². The second-order valence-corrected chi connectivity index (χ2v) is 6.24. The molecule has 3 aromatic carbocycles. The number of ketones is 1. The standard InChI is InChI=1S/C22H19NO/c1-3-15-12-19-20(13-23-21(19)11-14(15)2)22(24)18-10-6-8-16-7-4-5-9-17(16)18/h4-13,23H,3H2,1-2H3. The third-order valence-corrected chi connectivity index (χ3v) is 4.80. The minimum Gasteiger partial charge on any atom is -0.360 e. The van der Waals surface area contributed by atoms with Crippen molar-refractivity contribution >= 4 is 27.5 Å². The van der Waals surface area contributed by atoms with Gasteiger partial charge in [-0.2, -0.15) is 0 Å². The van der Waals surface area contributed by atoms with Gasteiger partial charge in [-0.25, -0.2) is 0 Å². The van der Waals surface area contributed by atoms with E-state index in [0.29, 0.717) is 0 Å². The summed E-state index contributed by atoms with van der Waals surface area (Å²) < 4.78 is 0. The highest BCUT2D eigenvalue weighted by Gasteiger charge is 2.17. The Morgan fingerprint density at radius 2 is 1.75 bits per heavy atom. The minimum absolute atomic E-state index is 0.0731. The van der Waals surface area contributed by atoms with Gasteiger partial charge in [0.1, 0.15) is 0 Å². The molecule has 0 bridgehead atoms. The lowest BCUT2D eigenvalue weighted by molar-refractivity contribution is 0.104. The number of hydrogen-bond acceptors (Lipinski definition) is 1. The van der Waals surface area contributed by atoms with Crippen LogP contribution >= 0.6 is 0 Å². The molecule has 118 valence electrons. The Bertz CT molecular complexity index is 1070. The van der Waals surface area contributed by atoms with E-state index in [2.05, 4.69) is 31.0 Å². The fourth-order valence-electron chi connectivity index (χ4n) is 3.46. The number of aromatic amines is 1. The zero-order valence-corrected chi connectivity index (χ0v) is 13.9. The Balaban J connectivity index is 1.92. The quantitative estimate of drug-likeness (QED) is 0.503. The average molecular weight is 313 g/mol. The summed E-state index contributed by atoms with van der Waals surface area (Å²) in [6.07, 6.45) is 2.81. The molecule has 24 heavy (non-hydrogen) atoms. The molecule has 0 atom stereocenters. The number of H-pyrrole nitrogens is 1. The van der Waals surface area contributed by atoms with Crippen LogP contribution in [-0.2, 0) is 6.42 Å². The van der Waals surface area contributed by atoms with Crippen molar-refractivity contribution in [3.05, 3.63) is 83.0 Å². The number of benzene rings is 3. The molecule has 0 amide bonds. The van der Waals surface area contributed by atoms with Crippen LogP contribution in [-0.4, -0.2) is 10.8 Å². The Morgan fingerprint density at radius 3 is 2.58 bits per heavy atom. The second kappa shape index (κ2) is 5.64. The highest BCUT2D eigenvalue weighted by atomic mass is 16.1. The Labute approximate surface area is 141 Å². The molecule has 0 aliphatic rings. The Hall–Kier alpha value is -2.87. The largest absolute Gasteiger partial charge is 0.360 e. The molecule has 1 N–H and O–H groups in total. The van der Waals surface area contributed by atoms with Crippen LogP contribution in [0.1, 0.15) is 34.0 Å². The highest BCUT2D eigenvalue weighted by Crippen LogP contribution is 2.27. The van der Waals surface area contributed by atoms with Crippen LogP contribution in [0.15, 0.2) is 60.8 Å². The van der Waals surface area contributed by atoms with E-state index in [-0.39, 0.29) is 5.78 Å².